The summed E-state index contributed by atoms with van der Waals surface area (Å²) in [6, 6.07) is 16.5. The van der Waals surface area contributed by atoms with E-state index in [2.05, 4.69) is 14.8 Å². The second kappa shape index (κ2) is 8.90. The van der Waals surface area contributed by atoms with E-state index in [1.165, 1.54) is 24.6 Å². The molecule has 0 radical (unpaired) electrons. The van der Waals surface area contributed by atoms with Crippen LogP contribution in [0.3, 0.4) is 0 Å². The summed E-state index contributed by atoms with van der Waals surface area (Å²) in [5.41, 5.74) is 0.859. The molecule has 0 unspecified atom stereocenters. The zero-order valence-corrected chi connectivity index (χ0v) is 18.3. The van der Waals surface area contributed by atoms with Crippen LogP contribution in [0.2, 0.25) is 5.02 Å². The molecule has 5 nitrogen and oxygen atoms in total. The lowest BCUT2D eigenvalue weighted by molar-refractivity contribution is 0.485. The molecule has 1 saturated carbocycles. The van der Waals surface area contributed by atoms with Gasteiger partial charge in [-0.3, -0.25) is 4.57 Å². The molecule has 29 heavy (non-hydrogen) atoms. The summed E-state index contributed by atoms with van der Waals surface area (Å²) < 4.78 is 27.3. The third-order valence-electron chi connectivity index (χ3n) is 5.15. The van der Waals surface area contributed by atoms with Crippen LogP contribution in [0.4, 0.5) is 0 Å². The Labute approximate surface area is 180 Å². The number of nitrogens with zero attached hydrogens (tertiary/aromatic N) is 3. The predicted molar refractivity (Wildman–Crippen MR) is 117 cm³/mol. The smallest absolute Gasteiger partial charge is 0.191 e. The summed E-state index contributed by atoms with van der Waals surface area (Å²) in [6.45, 7) is 0. The van der Waals surface area contributed by atoms with E-state index >= 15 is 0 Å². The van der Waals surface area contributed by atoms with Gasteiger partial charge in [0, 0.05) is 17.4 Å². The number of aromatic nitrogens is 3. The molecule has 3 aromatic rings. The van der Waals surface area contributed by atoms with Gasteiger partial charge in [-0.2, -0.15) is 0 Å². The summed E-state index contributed by atoms with van der Waals surface area (Å²) >= 11 is 7.86. The van der Waals surface area contributed by atoms with Gasteiger partial charge in [0.1, 0.15) is 0 Å². The normalized spacial score (nSPS) is 15.1. The highest BCUT2D eigenvalue weighted by Gasteiger charge is 2.26. The molecule has 0 saturated heterocycles. The zero-order valence-electron chi connectivity index (χ0n) is 15.9. The Kier molecular flexibility index (Phi) is 6.27. The number of rotatable bonds is 7. The standard InChI is InChI=1S/C21H22ClN3O2S2/c22-19-13-7-6-12-18(19)20-23-24-21(25(20)16-8-4-5-9-16)28-14-15-29(26,27)17-10-2-1-3-11-17/h1-3,6-7,10-13,16H,4-5,8-9,14-15H2. The highest BCUT2D eigenvalue weighted by Crippen LogP contribution is 2.38. The second-order valence-corrected chi connectivity index (χ2v) is 10.7. The SMILES string of the molecule is O=S(=O)(CCSc1nnc(-c2ccccc2Cl)n1C1CCCC1)c1ccccc1. The number of hydrogen-bond donors (Lipinski definition) is 0. The fraction of sp³-hybridized carbons (Fsp3) is 0.333. The van der Waals surface area contributed by atoms with Crippen LogP contribution in [0.15, 0.2) is 64.6 Å². The average molecular weight is 448 g/mol. The molecule has 1 aliphatic carbocycles. The Morgan fingerprint density at radius 2 is 1.69 bits per heavy atom. The maximum atomic E-state index is 12.6. The van der Waals surface area contributed by atoms with Gasteiger partial charge in [0.25, 0.3) is 0 Å². The molecule has 0 amide bonds. The van der Waals surface area contributed by atoms with E-state index in [4.69, 9.17) is 11.6 Å². The van der Waals surface area contributed by atoms with Crippen LogP contribution in [0.1, 0.15) is 31.7 Å². The van der Waals surface area contributed by atoms with Crippen molar-refractivity contribution in [2.75, 3.05) is 11.5 Å². The van der Waals surface area contributed by atoms with Crippen LogP contribution in [0.5, 0.6) is 0 Å². The van der Waals surface area contributed by atoms with Crippen molar-refractivity contribution in [3.63, 3.8) is 0 Å². The largest absolute Gasteiger partial charge is 0.299 e. The van der Waals surface area contributed by atoms with Crippen molar-refractivity contribution in [1.29, 1.82) is 0 Å². The maximum Gasteiger partial charge on any atom is 0.191 e. The molecule has 0 N–H and O–H groups in total. The molecule has 0 atom stereocenters. The van der Waals surface area contributed by atoms with E-state index < -0.39 is 9.84 Å². The quantitative estimate of drug-likeness (QED) is 0.461. The third-order valence-corrected chi connectivity index (χ3v) is 8.42. The van der Waals surface area contributed by atoms with E-state index in [1.54, 1.807) is 24.3 Å². The highest BCUT2D eigenvalue weighted by molar-refractivity contribution is 8.00. The van der Waals surface area contributed by atoms with E-state index in [1.807, 2.05) is 30.3 Å². The van der Waals surface area contributed by atoms with Gasteiger partial charge in [0.15, 0.2) is 20.8 Å². The van der Waals surface area contributed by atoms with E-state index in [9.17, 15) is 8.42 Å². The molecule has 2 aromatic carbocycles. The Hall–Kier alpha value is -1.83. The van der Waals surface area contributed by atoms with Gasteiger partial charge in [0.2, 0.25) is 0 Å². The number of thioether (sulfide) groups is 1. The average Bonchev–Trinajstić information content (AvgIpc) is 3.39. The number of benzene rings is 2. The van der Waals surface area contributed by atoms with Crippen LogP contribution in [0.25, 0.3) is 11.4 Å². The molecule has 1 heterocycles. The molecule has 152 valence electrons. The van der Waals surface area contributed by atoms with Crippen molar-refractivity contribution < 1.29 is 8.42 Å². The maximum absolute atomic E-state index is 12.6. The Bertz CT molecular complexity index is 1080. The molecule has 8 heteroatoms. The summed E-state index contributed by atoms with van der Waals surface area (Å²) in [5.74, 6) is 1.24. The summed E-state index contributed by atoms with van der Waals surface area (Å²) in [7, 11) is -3.31. The minimum absolute atomic E-state index is 0.0562. The van der Waals surface area contributed by atoms with Crippen molar-refractivity contribution in [2.24, 2.45) is 0 Å². The molecule has 1 fully saturated rings. The minimum atomic E-state index is -3.31. The minimum Gasteiger partial charge on any atom is -0.299 e. The van der Waals surface area contributed by atoms with Crippen molar-refractivity contribution in [2.45, 2.75) is 41.8 Å². The number of hydrogen-bond acceptors (Lipinski definition) is 5. The molecule has 4 rings (SSSR count). The Balaban J connectivity index is 1.57. The molecule has 0 bridgehead atoms. The first-order valence-corrected chi connectivity index (χ1v) is 12.7. The van der Waals surface area contributed by atoms with Gasteiger partial charge in [-0.1, -0.05) is 66.5 Å². The van der Waals surface area contributed by atoms with Gasteiger partial charge in [-0.15, -0.1) is 10.2 Å². The molecular weight excluding hydrogens is 426 g/mol. The topological polar surface area (TPSA) is 64.8 Å². The summed E-state index contributed by atoms with van der Waals surface area (Å²) in [6.07, 6.45) is 4.51. The third kappa shape index (κ3) is 4.52. The lowest BCUT2D eigenvalue weighted by Crippen LogP contribution is -2.11. The van der Waals surface area contributed by atoms with Crippen LogP contribution < -0.4 is 0 Å². The van der Waals surface area contributed by atoms with Crippen molar-refractivity contribution >= 4 is 33.2 Å². The van der Waals surface area contributed by atoms with E-state index in [-0.39, 0.29) is 5.75 Å². The predicted octanol–water partition coefficient (Wildman–Crippen LogP) is 5.28. The lowest BCUT2D eigenvalue weighted by atomic mass is 10.2. The van der Waals surface area contributed by atoms with E-state index in [0.29, 0.717) is 21.7 Å². The van der Waals surface area contributed by atoms with Crippen LogP contribution in [0, 0.1) is 0 Å². The molecule has 1 aliphatic rings. The fourth-order valence-electron chi connectivity index (χ4n) is 3.68. The fourth-order valence-corrected chi connectivity index (χ4v) is 6.58. The van der Waals surface area contributed by atoms with Gasteiger partial charge < -0.3 is 0 Å². The van der Waals surface area contributed by atoms with Gasteiger partial charge >= 0.3 is 0 Å². The number of halogens is 1. The first kappa shape index (κ1) is 20.4. The van der Waals surface area contributed by atoms with Crippen LogP contribution >= 0.6 is 23.4 Å². The van der Waals surface area contributed by atoms with Crippen LogP contribution in [-0.4, -0.2) is 34.7 Å². The summed E-state index contributed by atoms with van der Waals surface area (Å²) in [4.78, 5) is 0.356. The Morgan fingerprint density at radius 3 is 2.41 bits per heavy atom. The summed E-state index contributed by atoms with van der Waals surface area (Å²) in [5, 5.41) is 10.2. The van der Waals surface area contributed by atoms with Crippen LogP contribution in [-0.2, 0) is 9.84 Å². The van der Waals surface area contributed by atoms with Crippen molar-refractivity contribution in [1.82, 2.24) is 14.8 Å². The molecular formula is C21H22ClN3O2S2. The van der Waals surface area contributed by atoms with Crippen molar-refractivity contribution in [3.8, 4) is 11.4 Å². The van der Waals surface area contributed by atoms with Gasteiger partial charge in [-0.25, -0.2) is 8.42 Å². The van der Waals surface area contributed by atoms with Gasteiger partial charge in [-0.05, 0) is 37.1 Å². The number of sulfone groups is 1. The monoisotopic (exact) mass is 447 g/mol. The highest BCUT2D eigenvalue weighted by atomic mass is 35.5. The molecule has 0 spiro atoms. The first-order valence-electron chi connectivity index (χ1n) is 9.67. The first-order chi connectivity index (χ1) is 14.1. The van der Waals surface area contributed by atoms with Gasteiger partial charge in [0.05, 0.1) is 15.7 Å². The zero-order chi connectivity index (χ0) is 20.3. The second-order valence-electron chi connectivity index (χ2n) is 7.07. The molecule has 1 aromatic heterocycles. The molecule has 0 aliphatic heterocycles. The van der Waals surface area contributed by atoms with Crippen molar-refractivity contribution in [3.05, 3.63) is 59.6 Å². The van der Waals surface area contributed by atoms with E-state index in [0.717, 1.165) is 29.4 Å². The lowest BCUT2D eigenvalue weighted by Gasteiger charge is -2.17. The Morgan fingerprint density at radius 1 is 1.00 bits per heavy atom.